The molecule has 0 aliphatic carbocycles. The zero-order valence-electron chi connectivity index (χ0n) is 14.6. The Balaban J connectivity index is 1.97. The summed E-state index contributed by atoms with van der Waals surface area (Å²) >= 11 is 0. The predicted octanol–water partition coefficient (Wildman–Crippen LogP) is 5.14. The SMILES string of the molecule is CCc1ccc(Oc2cc3c(cc2C)C=C(C(=O)O)C(C(F)(F)F)O3)cc1. The number of benzene rings is 2. The lowest BCUT2D eigenvalue weighted by molar-refractivity contribution is -0.187. The van der Waals surface area contributed by atoms with Gasteiger partial charge in [0.15, 0.2) is 0 Å². The minimum Gasteiger partial charge on any atom is -0.478 e. The largest absolute Gasteiger partial charge is 0.478 e. The fraction of sp³-hybridized carbons (Fsp3) is 0.250. The fourth-order valence-corrected chi connectivity index (χ4v) is 2.79. The van der Waals surface area contributed by atoms with Gasteiger partial charge in [-0.05, 0) is 48.7 Å². The molecule has 0 radical (unpaired) electrons. The molecule has 3 rings (SSSR count). The first-order valence-electron chi connectivity index (χ1n) is 8.28. The topological polar surface area (TPSA) is 55.8 Å². The van der Waals surface area contributed by atoms with Crippen LogP contribution >= 0.6 is 0 Å². The molecule has 27 heavy (non-hydrogen) atoms. The Morgan fingerprint density at radius 2 is 1.89 bits per heavy atom. The molecule has 0 saturated carbocycles. The molecule has 2 aromatic carbocycles. The Hall–Kier alpha value is -2.96. The van der Waals surface area contributed by atoms with E-state index in [0.717, 1.165) is 18.1 Å². The van der Waals surface area contributed by atoms with E-state index in [1.54, 1.807) is 25.1 Å². The normalized spacial score (nSPS) is 16.2. The second-order valence-corrected chi connectivity index (χ2v) is 6.20. The van der Waals surface area contributed by atoms with Gasteiger partial charge in [0.1, 0.15) is 17.2 Å². The van der Waals surface area contributed by atoms with E-state index in [9.17, 15) is 18.0 Å². The van der Waals surface area contributed by atoms with Crippen LogP contribution in [0.3, 0.4) is 0 Å². The number of aryl methyl sites for hydroxylation is 2. The van der Waals surface area contributed by atoms with Gasteiger partial charge in [-0.3, -0.25) is 0 Å². The summed E-state index contributed by atoms with van der Waals surface area (Å²) in [6.07, 6.45) is -5.50. The van der Waals surface area contributed by atoms with Crippen molar-refractivity contribution in [3.63, 3.8) is 0 Å². The second-order valence-electron chi connectivity index (χ2n) is 6.20. The van der Waals surface area contributed by atoms with E-state index < -0.39 is 23.8 Å². The Morgan fingerprint density at radius 1 is 1.22 bits per heavy atom. The van der Waals surface area contributed by atoms with Crippen LogP contribution in [0.2, 0.25) is 0 Å². The molecular formula is C20H17F3O4. The summed E-state index contributed by atoms with van der Waals surface area (Å²) in [7, 11) is 0. The molecule has 2 aromatic rings. The highest BCUT2D eigenvalue weighted by molar-refractivity contribution is 5.95. The third kappa shape index (κ3) is 3.92. The van der Waals surface area contributed by atoms with E-state index in [2.05, 4.69) is 0 Å². The van der Waals surface area contributed by atoms with Gasteiger partial charge in [-0.25, -0.2) is 4.79 Å². The number of carboxylic acids is 1. The molecule has 0 amide bonds. The van der Waals surface area contributed by atoms with Crippen LogP contribution in [0.25, 0.3) is 6.08 Å². The molecule has 0 bridgehead atoms. The predicted molar refractivity (Wildman–Crippen MR) is 93.2 cm³/mol. The van der Waals surface area contributed by atoms with Crippen molar-refractivity contribution >= 4 is 12.0 Å². The van der Waals surface area contributed by atoms with Gasteiger partial charge in [0.25, 0.3) is 0 Å². The van der Waals surface area contributed by atoms with Crippen molar-refractivity contribution in [2.45, 2.75) is 32.5 Å². The molecule has 1 aliphatic rings. The lowest BCUT2D eigenvalue weighted by Crippen LogP contribution is -2.40. The van der Waals surface area contributed by atoms with Gasteiger partial charge in [-0.15, -0.1) is 0 Å². The Labute approximate surface area is 153 Å². The quantitative estimate of drug-likeness (QED) is 0.800. The lowest BCUT2D eigenvalue weighted by atomic mass is 9.99. The second kappa shape index (κ2) is 6.98. The molecule has 1 aliphatic heterocycles. The van der Waals surface area contributed by atoms with Gasteiger partial charge in [0, 0.05) is 11.6 Å². The summed E-state index contributed by atoms with van der Waals surface area (Å²) in [6.45, 7) is 3.75. The van der Waals surface area contributed by atoms with Gasteiger partial charge in [-0.1, -0.05) is 19.1 Å². The first-order valence-corrected chi connectivity index (χ1v) is 8.28. The number of hydrogen-bond acceptors (Lipinski definition) is 3. The zero-order valence-corrected chi connectivity index (χ0v) is 14.6. The highest BCUT2D eigenvalue weighted by Crippen LogP contribution is 2.40. The highest BCUT2D eigenvalue weighted by atomic mass is 19.4. The molecule has 0 fully saturated rings. The van der Waals surface area contributed by atoms with E-state index >= 15 is 0 Å². The molecule has 1 N–H and O–H groups in total. The van der Waals surface area contributed by atoms with Crippen molar-refractivity contribution in [2.75, 3.05) is 0 Å². The number of hydrogen-bond donors (Lipinski definition) is 1. The number of fused-ring (bicyclic) bond motifs is 1. The molecular weight excluding hydrogens is 361 g/mol. The van der Waals surface area contributed by atoms with E-state index in [1.165, 1.54) is 6.07 Å². The van der Waals surface area contributed by atoms with Crippen molar-refractivity contribution in [2.24, 2.45) is 0 Å². The average Bonchev–Trinajstić information content (AvgIpc) is 2.61. The first-order chi connectivity index (χ1) is 12.7. The minimum atomic E-state index is -4.84. The molecule has 1 atom stereocenters. The molecule has 0 spiro atoms. The number of aliphatic carboxylic acids is 1. The zero-order chi connectivity index (χ0) is 19.8. The number of ether oxygens (including phenoxy) is 2. The third-order valence-electron chi connectivity index (χ3n) is 4.25. The van der Waals surface area contributed by atoms with Crippen LogP contribution in [0.4, 0.5) is 13.2 Å². The Kier molecular flexibility index (Phi) is 4.87. The molecule has 1 unspecified atom stereocenters. The van der Waals surface area contributed by atoms with E-state index in [1.807, 2.05) is 19.1 Å². The van der Waals surface area contributed by atoms with Crippen LogP contribution in [0, 0.1) is 6.92 Å². The summed E-state index contributed by atoms with van der Waals surface area (Å²) < 4.78 is 50.3. The first kappa shape index (κ1) is 18.8. The van der Waals surface area contributed by atoms with Gasteiger partial charge < -0.3 is 14.6 Å². The maximum Gasteiger partial charge on any atom is 0.430 e. The molecule has 4 nitrogen and oxygen atoms in total. The molecule has 142 valence electrons. The number of carboxylic acid groups (broad SMARTS) is 1. The number of halogens is 3. The average molecular weight is 378 g/mol. The van der Waals surface area contributed by atoms with Crippen LogP contribution in [0.15, 0.2) is 42.0 Å². The summed E-state index contributed by atoms with van der Waals surface area (Å²) in [6, 6.07) is 10.3. The van der Waals surface area contributed by atoms with Gasteiger partial charge in [0.05, 0.1) is 5.57 Å². The maximum atomic E-state index is 13.2. The lowest BCUT2D eigenvalue weighted by Gasteiger charge is -2.27. The van der Waals surface area contributed by atoms with Crippen molar-refractivity contribution in [1.29, 1.82) is 0 Å². The minimum absolute atomic E-state index is 0.0758. The van der Waals surface area contributed by atoms with Crippen LogP contribution in [-0.2, 0) is 11.2 Å². The summed E-state index contributed by atoms with van der Waals surface area (Å²) in [5, 5.41) is 9.09. The van der Waals surface area contributed by atoms with Crippen LogP contribution in [0.1, 0.15) is 23.6 Å². The maximum absolute atomic E-state index is 13.2. The molecule has 0 saturated heterocycles. The molecule has 1 heterocycles. The standard InChI is InChI=1S/C20H17F3O4/c1-3-12-4-6-14(7-5-12)26-16-10-17-13(8-11(16)2)9-15(19(24)25)18(27-17)20(21,22)23/h4-10,18H,3H2,1-2H3,(H,24,25). The third-order valence-corrected chi connectivity index (χ3v) is 4.25. The molecule has 0 aromatic heterocycles. The van der Waals surface area contributed by atoms with Crippen molar-refractivity contribution in [1.82, 2.24) is 0 Å². The number of alkyl halides is 3. The Bertz CT molecular complexity index is 899. The van der Waals surface area contributed by atoms with Gasteiger partial charge in [0.2, 0.25) is 6.10 Å². The van der Waals surface area contributed by atoms with Crippen molar-refractivity contribution in [3.8, 4) is 17.2 Å². The van der Waals surface area contributed by atoms with Gasteiger partial charge >= 0.3 is 12.1 Å². The Morgan fingerprint density at radius 3 is 2.44 bits per heavy atom. The van der Waals surface area contributed by atoms with Crippen LogP contribution in [-0.4, -0.2) is 23.4 Å². The van der Waals surface area contributed by atoms with E-state index in [4.69, 9.17) is 14.6 Å². The summed E-state index contributed by atoms with van der Waals surface area (Å²) in [4.78, 5) is 11.2. The van der Waals surface area contributed by atoms with Gasteiger partial charge in [-0.2, -0.15) is 13.2 Å². The molecule has 7 heteroatoms. The fourth-order valence-electron chi connectivity index (χ4n) is 2.79. The highest BCUT2D eigenvalue weighted by Gasteiger charge is 2.48. The van der Waals surface area contributed by atoms with Crippen molar-refractivity contribution < 1.29 is 32.5 Å². The number of carbonyl (C=O) groups is 1. The van der Waals surface area contributed by atoms with Crippen LogP contribution < -0.4 is 9.47 Å². The van der Waals surface area contributed by atoms with E-state index in [0.29, 0.717) is 17.1 Å². The summed E-state index contributed by atoms with van der Waals surface area (Å²) in [5.74, 6) is -0.864. The smallest absolute Gasteiger partial charge is 0.430 e. The number of rotatable bonds is 4. The summed E-state index contributed by atoms with van der Waals surface area (Å²) in [5.41, 5.74) is 1.19. The van der Waals surface area contributed by atoms with Crippen molar-refractivity contribution in [3.05, 3.63) is 58.7 Å². The monoisotopic (exact) mass is 378 g/mol. The van der Waals surface area contributed by atoms with Crippen LogP contribution in [0.5, 0.6) is 17.2 Å². The van der Waals surface area contributed by atoms with E-state index in [-0.39, 0.29) is 11.3 Å².